The molecular weight excluding hydrogens is 436 g/mol. The van der Waals surface area contributed by atoms with Crippen molar-refractivity contribution in [1.29, 1.82) is 0 Å². The molecule has 5 rings (SSSR count). The number of H-pyrrole nitrogens is 1. The van der Waals surface area contributed by atoms with Gasteiger partial charge in [0.25, 0.3) is 5.91 Å². The van der Waals surface area contributed by atoms with Crippen LogP contribution >= 0.6 is 0 Å². The van der Waals surface area contributed by atoms with Crippen molar-refractivity contribution in [2.24, 2.45) is 0 Å². The number of piperazine rings is 1. The number of benzene rings is 2. The molecule has 0 radical (unpaired) electrons. The van der Waals surface area contributed by atoms with E-state index in [1.165, 1.54) is 24.3 Å². The molecule has 9 heteroatoms. The molecule has 2 saturated heterocycles. The summed E-state index contributed by atoms with van der Waals surface area (Å²) in [5, 5.41) is 6.01. The number of nitrogens with one attached hydrogen (secondary N) is 1. The SMILES string of the molecule is O=C(c1cccc(-c2[nH]ncc2F)c1F)N1CCN2C[C@@H](c3ccc(F)c(F)c3)CC[C@@H]2C1. The number of piperidine rings is 1. The second kappa shape index (κ2) is 8.62. The van der Waals surface area contributed by atoms with Gasteiger partial charge in [-0.25, -0.2) is 17.6 Å². The summed E-state index contributed by atoms with van der Waals surface area (Å²) in [5.74, 6) is -3.51. The number of amides is 1. The molecule has 3 heterocycles. The van der Waals surface area contributed by atoms with E-state index in [0.29, 0.717) is 26.2 Å². The first-order chi connectivity index (χ1) is 15.9. The number of rotatable bonds is 3. The molecule has 0 spiro atoms. The fourth-order valence-electron chi connectivity index (χ4n) is 4.92. The Balaban J connectivity index is 1.29. The average molecular weight is 458 g/mol. The van der Waals surface area contributed by atoms with E-state index in [1.54, 1.807) is 11.0 Å². The smallest absolute Gasteiger partial charge is 0.256 e. The second-order valence-corrected chi connectivity index (χ2v) is 8.61. The molecule has 1 amide bonds. The first-order valence-corrected chi connectivity index (χ1v) is 10.9. The Labute approximate surface area is 188 Å². The van der Waals surface area contributed by atoms with E-state index in [-0.39, 0.29) is 28.8 Å². The van der Waals surface area contributed by atoms with E-state index in [0.717, 1.165) is 30.7 Å². The average Bonchev–Trinajstić information content (AvgIpc) is 3.25. The van der Waals surface area contributed by atoms with Crippen LogP contribution in [0.4, 0.5) is 17.6 Å². The van der Waals surface area contributed by atoms with E-state index in [2.05, 4.69) is 15.1 Å². The minimum absolute atomic E-state index is 0.0403. The standard InChI is InChI=1S/C24H22F4N4O/c25-19-7-5-14(10-20(19)26)15-4-6-16-13-32(9-8-31(16)12-15)24(33)18-3-1-2-17(22(18)28)23-21(27)11-29-30-23/h1-3,5,7,10-11,15-16H,4,6,8-9,12-13H2,(H,29,30)/t15-,16+/m0/s1. The maximum absolute atomic E-state index is 15.1. The number of halogens is 4. The second-order valence-electron chi connectivity index (χ2n) is 8.61. The van der Waals surface area contributed by atoms with Crippen molar-refractivity contribution >= 4 is 5.91 Å². The zero-order chi connectivity index (χ0) is 23.1. The van der Waals surface area contributed by atoms with Gasteiger partial charge in [-0.05, 0) is 48.6 Å². The van der Waals surface area contributed by atoms with Gasteiger partial charge < -0.3 is 4.90 Å². The maximum Gasteiger partial charge on any atom is 0.256 e. The molecule has 2 atom stereocenters. The van der Waals surface area contributed by atoms with Gasteiger partial charge in [0.05, 0.1) is 11.8 Å². The van der Waals surface area contributed by atoms with Gasteiger partial charge in [-0.15, -0.1) is 0 Å². The van der Waals surface area contributed by atoms with E-state index >= 15 is 4.39 Å². The van der Waals surface area contributed by atoms with Crippen LogP contribution in [0.3, 0.4) is 0 Å². The summed E-state index contributed by atoms with van der Waals surface area (Å²) in [6.45, 7) is 2.17. The van der Waals surface area contributed by atoms with Crippen molar-refractivity contribution < 1.29 is 22.4 Å². The Hall–Kier alpha value is -3.20. The molecule has 172 valence electrons. The summed E-state index contributed by atoms with van der Waals surface area (Å²) in [6, 6.07) is 8.49. The molecule has 2 aromatic carbocycles. The van der Waals surface area contributed by atoms with Gasteiger partial charge in [0.1, 0.15) is 11.5 Å². The molecule has 0 unspecified atom stereocenters. The number of fused-ring (bicyclic) bond motifs is 1. The van der Waals surface area contributed by atoms with E-state index in [4.69, 9.17) is 0 Å². The van der Waals surface area contributed by atoms with Gasteiger partial charge in [-0.2, -0.15) is 5.10 Å². The van der Waals surface area contributed by atoms with Crippen LogP contribution in [-0.4, -0.2) is 58.1 Å². The highest BCUT2D eigenvalue weighted by molar-refractivity contribution is 5.96. The first kappa shape index (κ1) is 21.6. The molecule has 2 aliphatic heterocycles. The molecule has 0 aliphatic carbocycles. The van der Waals surface area contributed by atoms with Crippen LogP contribution in [0.1, 0.15) is 34.7 Å². The molecule has 2 aliphatic rings. The van der Waals surface area contributed by atoms with Crippen LogP contribution < -0.4 is 0 Å². The predicted octanol–water partition coefficient (Wildman–Crippen LogP) is 4.34. The summed E-state index contributed by atoms with van der Waals surface area (Å²) >= 11 is 0. The normalized spacial score (nSPS) is 21.2. The van der Waals surface area contributed by atoms with E-state index in [1.807, 2.05) is 0 Å². The number of carbonyl (C=O) groups is 1. The zero-order valence-corrected chi connectivity index (χ0v) is 17.7. The Morgan fingerprint density at radius 3 is 2.58 bits per heavy atom. The van der Waals surface area contributed by atoms with Crippen molar-refractivity contribution in [3.8, 4) is 11.3 Å². The molecule has 1 N–H and O–H groups in total. The van der Waals surface area contributed by atoms with Gasteiger partial charge >= 0.3 is 0 Å². The Kier molecular flexibility index (Phi) is 5.65. The van der Waals surface area contributed by atoms with Crippen LogP contribution in [0.2, 0.25) is 0 Å². The summed E-state index contributed by atoms with van der Waals surface area (Å²) in [6.07, 6.45) is 2.53. The lowest BCUT2D eigenvalue weighted by molar-refractivity contribution is 0.0326. The number of hydrogen-bond donors (Lipinski definition) is 1. The number of nitrogens with zero attached hydrogens (tertiary/aromatic N) is 3. The van der Waals surface area contributed by atoms with Crippen LogP contribution in [-0.2, 0) is 0 Å². The van der Waals surface area contributed by atoms with Crippen LogP contribution in [0, 0.1) is 23.3 Å². The number of carbonyl (C=O) groups excluding carboxylic acids is 1. The molecule has 2 fully saturated rings. The topological polar surface area (TPSA) is 52.2 Å². The van der Waals surface area contributed by atoms with E-state index in [9.17, 15) is 18.0 Å². The maximum atomic E-state index is 15.1. The lowest BCUT2D eigenvalue weighted by Crippen LogP contribution is -2.57. The summed E-state index contributed by atoms with van der Waals surface area (Å²) in [5.41, 5.74) is 0.533. The number of hydrogen-bond acceptors (Lipinski definition) is 3. The monoisotopic (exact) mass is 458 g/mol. The van der Waals surface area contributed by atoms with Crippen molar-refractivity contribution in [3.63, 3.8) is 0 Å². The molecule has 0 bridgehead atoms. The van der Waals surface area contributed by atoms with Crippen LogP contribution in [0.5, 0.6) is 0 Å². The highest BCUT2D eigenvalue weighted by Crippen LogP contribution is 2.33. The van der Waals surface area contributed by atoms with Crippen molar-refractivity contribution in [3.05, 3.63) is 77.0 Å². The van der Waals surface area contributed by atoms with Gasteiger partial charge in [0.2, 0.25) is 0 Å². The van der Waals surface area contributed by atoms with Crippen molar-refractivity contribution in [2.45, 2.75) is 24.8 Å². The fourth-order valence-corrected chi connectivity index (χ4v) is 4.92. The van der Waals surface area contributed by atoms with Gasteiger partial charge in [-0.1, -0.05) is 12.1 Å². The minimum Gasteiger partial charge on any atom is -0.336 e. The summed E-state index contributed by atoms with van der Waals surface area (Å²) in [4.78, 5) is 17.0. The highest BCUT2D eigenvalue weighted by Gasteiger charge is 2.36. The first-order valence-electron chi connectivity index (χ1n) is 10.9. The van der Waals surface area contributed by atoms with Gasteiger partial charge in [0, 0.05) is 37.8 Å². The molecule has 0 saturated carbocycles. The summed E-state index contributed by atoms with van der Waals surface area (Å²) < 4.78 is 55.9. The molecule has 33 heavy (non-hydrogen) atoms. The Bertz CT molecular complexity index is 1200. The Morgan fingerprint density at radius 1 is 0.970 bits per heavy atom. The lowest BCUT2D eigenvalue weighted by Gasteiger charge is -2.46. The van der Waals surface area contributed by atoms with Gasteiger partial charge in [0.15, 0.2) is 17.5 Å². The van der Waals surface area contributed by atoms with Gasteiger partial charge in [-0.3, -0.25) is 14.8 Å². The fraction of sp³-hybridized carbons (Fsp3) is 0.333. The quantitative estimate of drug-likeness (QED) is 0.595. The Morgan fingerprint density at radius 2 is 1.82 bits per heavy atom. The third kappa shape index (κ3) is 4.01. The number of aromatic amines is 1. The van der Waals surface area contributed by atoms with Crippen molar-refractivity contribution in [1.82, 2.24) is 20.0 Å². The van der Waals surface area contributed by atoms with Crippen molar-refractivity contribution in [2.75, 3.05) is 26.2 Å². The molecular formula is C24H22F4N4O. The lowest BCUT2D eigenvalue weighted by atomic mass is 9.86. The zero-order valence-electron chi connectivity index (χ0n) is 17.7. The molecule has 1 aromatic heterocycles. The predicted molar refractivity (Wildman–Crippen MR) is 114 cm³/mol. The molecule has 5 nitrogen and oxygen atoms in total. The minimum atomic E-state index is -0.855. The van der Waals surface area contributed by atoms with E-state index < -0.39 is 29.2 Å². The van der Waals surface area contributed by atoms with Crippen LogP contribution in [0.15, 0.2) is 42.6 Å². The molecule has 3 aromatic rings. The largest absolute Gasteiger partial charge is 0.336 e. The van der Waals surface area contributed by atoms with Crippen LogP contribution in [0.25, 0.3) is 11.3 Å². The number of aromatic nitrogens is 2. The highest BCUT2D eigenvalue weighted by atomic mass is 19.2. The summed E-state index contributed by atoms with van der Waals surface area (Å²) in [7, 11) is 0. The third-order valence-electron chi connectivity index (χ3n) is 6.70. The third-order valence-corrected chi connectivity index (χ3v) is 6.70.